The van der Waals surface area contributed by atoms with Gasteiger partial charge in [-0.1, -0.05) is 26.0 Å². The van der Waals surface area contributed by atoms with E-state index in [1.165, 1.54) is 11.1 Å². The first-order valence-corrected chi connectivity index (χ1v) is 8.90. The Morgan fingerprint density at radius 2 is 1.75 bits per heavy atom. The van der Waals surface area contributed by atoms with E-state index in [0.29, 0.717) is 0 Å². The van der Waals surface area contributed by atoms with Crippen LogP contribution in [0.5, 0.6) is 0 Å². The van der Waals surface area contributed by atoms with E-state index >= 15 is 0 Å². The third-order valence-electron chi connectivity index (χ3n) is 4.24. The Labute approximate surface area is 178 Å². The number of imidazole rings is 1. The van der Waals surface area contributed by atoms with Crippen LogP contribution in [0.4, 0.5) is 5.69 Å². The first-order valence-electron chi connectivity index (χ1n) is 8.90. The highest BCUT2D eigenvalue weighted by Crippen LogP contribution is 2.15. The molecule has 150 valence electrons. The van der Waals surface area contributed by atoms with Crippen molar-refractivity contribution >= 4 is 36.4 Å². The number of amides is 1. The minimum absolute atomic E-state index is 0. The quantitative estimate of drug-likeness (QED) is 0.603. The monoisotopic (exact) mass is 420 g/mol. The number of aromatic nitrogens is 3. The van der Waals surface area contributed by atoms with E-state index < -0.39 is 0 Å². The van der Waals surface area contributed by atoms with Crippen molar-refractivity contribution in [3.05, 3.63) is 78.1 Å². The van der Waals surface area contributed by atoms with E-state index in [1.54, 1.807) is 6.20 Å². The average molecular weight is 421 g/mol. The Kier molecular flexibility index (Phi) is 9.69. The van der Waals surface area contributed by atoms with Crippen LogP contribution in [0, 0.1) is 0 Å². The maximum absolute atomic E-state index is 12.4. The Balaban J connectivity index is 0.00000196. The lowest BCUT2D eigenvalue weighted by molar-refractivity contribution is -0.116. The van der Waals surface area contributed by atoms with Gasteiger partial charge in [-0.05, 0) is 48.2 Å². The van der Waals surface area contributed by atoms with Crippen molar-refractivity contribution in [1.82, 2.24) is 14.5 Å². The predicted octanol–water partition coefficient (Wildman–Crippen LogP) is 4.67. The van der Waals surface area contributed by atoms with Gasteiger partial charge in [0, 0.05) is 36.4 Å². The van der Waals surface area contributed by atoms with Crippen molar-refractivity contribution in [2.75, 3.05) is 5.32 Å². The van der Waals surface area contributed by atoms with Gasteiger partial charge in [-0.2, -0.15) is 0 Å². The molecule has 3 rings (SSSR count). The molecule has 3 aromatic rings. The molecule has 1 N–H and O–H groups in total. The molecule has 0 saturated carbocycles. The molecule has 0 bridgehead atoms. The van der Waals surface area contributed by atoms with Crippen molar-refractivity contribution in [2.45, 2.75) is 39.2 Å². The van der Waals surface area contributed by atoms with Crippen molar-refractivity contribution in [3.63, 3.8) is 0 Å². The second-order valence-corrected chi connectivity index (χ2v) is 6.67. The number of hydrogen-bond acceptors (Lipinski definition) is 3. The molecule has 2 heterocycles. The van der Waals surface area contributed by atoms with E-state index in [-0.39, 0.29) is 43.2 Å². The number of carbonyl (C=O) groups excluding carboxylic acids is 1. The van der Waals surface area contributed by atoms with Gasteiger partial charge >= 0.3 is 0 Å². The van der Waals surface area contributed by atoms with E-state index in [1.807, 2.05) is 53.5 Å². The Bertz CT molecular complexity index is 866. The van der Waals surface area contributed by atoms with E-state index in [2.05, 4.69) is 35.2 Å². The molecule has 0 unspecified atom stereocenters. The fourth-order valence-corrected chi connectivity index (χ4v) is 2.95. The number of nitrogens with zero attached hydrogens (tertiary/aromatic N) is 3. The van der Waals surface area contributed by atoms with Crippen LogP contribution in [0.15, 0.2) is 61.2 Å². The van der Waals surface area contributed by atoms with Crippen molar-refractivity contribution in [2.24, 2.45) is 0 Å². The number of benzene rings is 1. The number of pyridine rings is 1. The van der Waals surface area contributed by atoms with Gasteiger partial charge in [0.05, 0.1) is 0 Å². The van der Waals surface area contributed by atoms with Gasteiger partial charge in [0.2, 0.25) is 5.91 Å². The van der Waals surface area contributed by atoms with Gasteiger partial charge in [0.1, 0.15) is 12.4 Å². The molecule has 7 heteroatoms. The predicted molar refractivity (Wildman–Crippen MR) is 118 cm³/mol. The highest BCUT2D eigenvalue weighted by molar-refractivity contribution is 5.90. The molecule has 0 radical (unpaired) electrons. The largest absolute Gasteiger partial charge is 0.325 e. The fraction of sp³-hybridized carbons (Fsp3) is 0.286. The number of hydrogen-bond donors (Lipinski definition) is 1. The lowest BCUT2D eigenvalue weighted by Crippen LogP contribution is -2.20. The highest BCUT2D eigenvalue weighted by Gasteiger charge is 2.11. The first kappa shape index (κ1) is 23.7. The smallest absolute Gasteiger partial charge is 0.244 e. The summed E-state index contributed by atoms with van der Waals surface area (Å²) in [6.07, 6.45) is 9.09. The summed E-state index contributed by atoms with van der Waals surface area (Å²) < 4.78 is 1.90. The van der Waals surface area contributed by atoms with E-state index in [0.717, 1.165) is 24.4 Å². The van der Waals surface area contributed by atoms with E-state index in [4.69, 9.17) is 0 Å². The summed E-state index contributed by atoms with van der Waals surface area (Å²) in [4.78, 5) is 20.7. The summed E-state index contributed by atoms with van der Waals surface area (Å²) in [6.45, 7) is 4.42. The van der Waals surface area contributed by atoms with Crippen molar-refractivity contribution in [1.29, 1.82) is 0 Å². The first-order chi connectivity index (χ1) is 12.6. The molecule has 0 saturated heterocycles. The van der Waals surface area contributed by atoms with Gasteiger partial charge in [-0.15, -0.1) is 24.8 Å². The van der Waals surface area contributed by atoms with Crippen LogP contribution in [-0.2, 0) is 24.2 Å². The summed E-state index contributed by atoms with van der Waals surface area (Å²) in [6, 6.07) is 12.1. The summed E-state index contributed by atoms with van der Waals surface area (Å²) >= 11 is 0. The molecule has 0 aliphatic carbocycles. The lowest BCUT2D eigenvalue weighted by Gasteiger charge is -2.11. The second kappa shape index (κ2) is 11.5. The molecule has 28 heavy (non-hydrogen) atoms. The average Bonchev–Trinajstić information content (AvgIpc) is 3.09. The zero-order valence-electron chi connectivity index (χ0n) is 16.0. The standard InChI is InChI=1S/C21H24N4O.2ClH/c1-16(2)21-23-12-13-25(21)15-20(26)24-19-5-3-4-18(14-19)7-6-17-8-10-22-11-9-17;;/h3-5,8-14,16H,6-7,15H2,1-2H3,(H,24,26);2*1H. The SMILES string of the molecule is CC(C)c1nccn1CC(=O)Nc1cccc(CCc2ccncc2)c1.Cl.Cl. The molecule has 0 aliphatic heterocycles. The number of nitrogens with one attached hydrogen (secondary N) is 1. The van der Waals surface area contributed by atoms with Gasteiger partial charge in [0.25, 0.3) is 0 Å². The molecular weight excluding hydrogens is 395 g/mol. The van der Waals surface area contributed by atoms with Crippen LogP contribution < -0.4 is 5.32 Å². The maximum Gasteiger partial charge on any atom is 0.244 e. The zero-order chi connectivity index (χ0) is 18.4. The normalized spacial score (nSPS) is 10.1. The van der Waals surface area contributed by atoms with Crippen LogP contribution >= 0.6 is 24.8 Å². The van der Waals surface area contributed by atoms with Crippen LogP contribution in [0.25, 0.3) is 0 Å². The van der Waals surface area contributed by atoms with Crippen LogP contribution in [0.3, 0.4) is 0 Å². The third-order valence-corrected chi connectivity index (χ3v) is 4.24. The molecular formula is C21H26Cl2N4O. The topological polar surface area (TPSA) is 59.8 Å². The summed E-state index contributed by atoms with van der Waals surface area (Å²) in [5.74, 6) is 1.16. The number of anilines is 1. The van der Waals surface area contributed by atoms with E-state index in [9.17, 15) is 4.79 Å². The molecule has 0 atom stereocenters. The maximum atomic E-state index is 12.4. The number of carbonyl (C=O) groups is 1. The molecule has 0 fully saturated rings. The molecule has 1 aromatic carbocycles. The van der Waals surface area contributed by atoms with Crippen molar-refractivity contribution < 1.29 is 4.79 Å². The highest BCUT2D eigenvalue weighted by atomic mass is 35.5. The zero-order valence-corrected chi connectivity index (χ0v) is 17.7. The summed E-state index contributed by atoms with van der Waals surface area (Å²) in [7, 11) is 0. The van der Waals surface area contributed by atoms with Crippen molar-refractivity contribution in [3.8, 4) is 0 Å². The number of aryl methyl sites for hydroxylation is 2. The molecule has 2 aromatic heterocycles. The summed E-state index contributed by atoms with van der Waals surface area (Å²) in [5.41, 5.74) is 3.29. The minimum Gasteiger partial charge on any atom is -0.325 e. The lowest BCUT2D eigenvalue weighted by atomic mass is 10.0. The fourth-order valence-electron chi connectivity index (χ4n) is 2.95. The second-order valence-electron chi connectivity index (χ2n) is 6.67. The van der Waals surface area contributed by atoms with Gasteiger partial charge in [0.15, 0.2) is 0 Å². The Morgan fingerprint density at radius 3 is 2.46 bits per heavy atom. The molecule has 5 nitrogen and oxygen atoms in total. The van der Waals surface area contributed by atoms with Gasteiger partial charge in [-0.3, -0.25) is 9.78 Å². The van der Waals surface area contributed by atoms with Gasteiger partial charge in [-0.25, -0.2) is 4.98 Å². The van der Waals surface area contributed by atoms with Crippen LogP contribution in [0.1, 0.15) is 36.7 Å². The Morgan fingerprint density at radius 1 is 1.04 bits per heavy atom. The van der Waals surface area contributed by atoms with Crippen LogP contribution in [0.2, 0.25) is 0 Å². The minimum atomic E-state index is -0.0452. The third kappa shape index (κ3) is 6.66. The molecule has 1 amide bonds. The number of rotatable bonds is 7. The Hall–Kier alpha value is -2.37. The molecule has 0 aliphatic rings. The summed E-state index contributed by atoms with van der Waals surface area (Å²) in [5, 5.41) is 2.99. The molecule has 0 spiro atoms. The van der Waals surface area contributed by atoms with Gasteiger partial charge < -0.3 is 9.88 Å². The number of halogens is 2. The van der Waals surface area contributed by atoms with Crippen LogP contribution in [-0.4, -0.2) is 20.4 Å².